The number of rotatable bonds is 5. The van der Waals surface area contributed by atoms with Gasteiger partial charge < -0.3 is 34.1 Å². The highest BCUT2D eigenvalue weighted by atomic mass is 35.5. The Kier molecular flexibility index (Phi) is 5.98. The second kappa shape index (κ2) is 8.79. The lowest BCUT2D eigenvalue weighted by Gasteiger charge is -2.36. The molecule has 3 aromatic rings. The molecule has 5 atom stereocenters. The van der Waals surface area contributed by atoms with Crippen LogP contribution in [0.2, 0.25) is 10.0 Å². The van der Waals surface area contributed by atoms with Crippen molar-refractivity contribution in [3.63, 3.8) is 0 Å². The first-order valence-corrected chi connectivity index (χ1v) is 11.1. The molecule has 0 aliphatic carbocycles. The van der Waals surface area contributed by atoms with Crippen molar-refractivity contribution in [3.05, 3.63) is 63.8 Å². The fraction of sp³-hybridized carbons (Fsp3) is 0.348. The molecule has 3 N–H and O–H groups in total. The molecule has 5 rings (SSSR count). The predicted octanol–water partition coefficient (Wildman–Crippen LogP) is 2.59. The van der Waals surface area contributed by atoms with Crippen LogP contribution in [0, 0.1) is 0 Å². The predicted molar refractivity (Wildman–Crippen MR) is 123 cm³/mol. The van der Waals surface area contributed by atoms with Crippen molar-refractivity contribution in [2.75, 3.05) is 13.7 Å². The van der Waals surface area contributed by atoms with Gasteiger partial charge in [-0.25, -0.2) is 4.99 Å². The quantitative estimate of drug-likeness (QED) is 0.505. The summed E-state index contributed by atoms with van der Waals surface area (Å²) in [6.45, 7) is 0.0740. The lowest BCUT2D eigenvalue weighted by molar-refractivity contribution is -0.234. The second-order valence-corrected chi connectivity index (χ2v) is 8.87. The molecule has 2 aliphatic heterocycles. The molecule has 0 amide bonds. The highest BCUT2D eigenvalue weighted by molar-refractivity contribution is 6.42. The Balaban J connectivity index is 1.55. The minimum absolute atomic E-state index is 0.279. The SMILES string of the molecule is COc1ccc2c(c1)c(C1=N[C@@H]3C(O)[C@H](O)[C@@H](CO)O[C@@H]3O1)cn2Cc1ccc(Cl)c(Cl)c1. The normalized spacial score (nSPS) is 26.7. The molecule has 1 unspecified atom stereocenters. The van der Waals surface area contributed by atoms with Crippen LogP contribution in [-0.4, -0.2) is 70.1 Å². The van der Waals surface area contributed by atoms with Gasteiger partial charge in [-0.1, -0.05) is 29.3 Å². The fourth-order valence-electron chi connectivity index (χ4n) is 4.25. The summed E-state index contributed by atoms with van der Waals surface area (Å²) < 4.78 is 19.0. The Morgan fingerprint density at radius 2 is 1.91 bits per heavy atom. The maximum Gasteiger partial charge on any atom is 0.227 e. The van der Waals surface area contributed by atoms with Gasteiger partial charge in [0, 0.05) is 23.6 Å². The summed E-state index contributed by atoms with van der Waals surface area (Å²) in [7, 11) is 1.59. The topological polar surface area (TPSA) is 106 Å². The van der Waals surface area contributed by atoms with Gasteiger partial charge in [0.05, 0.1) is 29.3 Å². The van der Waals surface area contributed by atoms with Crippen LogP contribution in [0.15, 0.2) is 47.6 Å². The van der Waals surface area contributed by atoms with Crippen molar-refractivity contribution in [1.82, 2.24) is 4.57 Å². The smallest absolute Gasteiger partial charge is 0.227 e. The zero-order valence-electron chi connectivity index (χ0n) is 17.6. The average molecular weight is 493 g/mol. The summed E-state index contributed by atoms with van der Waals surface area (Å²) in [5.74, 6) is 0.945. The molecule has 1 fully saturated rings. The summed E-state index contributed by atoms with van der Waals surface area (Å²) in [5.41, 5.74) is 2.55. The van der Waals surface area contributed by atoms with E-state index in [0.29, 0.717) is 27.9 Å². The van der Waals surface area contributed by atoms with E-state index in [9.17, 15) is 15.3 Å². The lowest BCUT2D eigenvalue weighted by atomic mass is 9.98. The van der Waals surface area contributed by atoms with Gasteiger partial charge in [-0.2, -0.15) is 0 Å². The van der Waals surface area contributed by atoms with E-state index >= 15 is 0 Å². The van der Waals surface area contributed by atoms with E-state index in [2.05, 4.69) is 4.99 Å². The van der Waals surface area contributed by atoms with Gasteiger partial charge in [0.1, 0.15) is 30.1 Å². The van der Waals surface area contributed by atoms with Crippen molar-refractivity contribution >= 4 is 40.0 Å². The van der Waals surface area contributed by atoms with Crippen LogP contribution in [0.25, 0.3) is 10.9 Å². The molecule has 0 saturated carbocycles. The number of benzene rings is 2. The zero-order chi connectivity index (χ0) is 23.3. The van der Waals surface area contributed by atoms with Crippen LogP contribution in [0.3, 0.4) is 0 Å². The van der Waals surface area contributed by atoms with Gasteiger partial charge in [-0.3, -0.25) is 0 Å². The molecule has 8 nitrogen and oxygen atoms in total. The van der Waals surface area contributed by atoms with Crippen LogP contribution in [0.5, 0.6) is 5.75 Å². The lowest BCUT2D eigenvalue weighted by Crippen LogP contribution is -2.56. The van der Waals surface area contributed by atoms with Gasteiger partial charge in [-0.05, 0) is 35.9 Å². The number of aliphatic hydroxyl groups excluding tert-OH is 3. The van der Waals surface area contributed by atoms with E-state index in [-0.39, 0.29) is 5.90 Å². The first kappa shape index (κ1) is 22.5. The Labute approximate surface area is 199 Å². The number of methoxy groups -OCH3 is 1. The van der Waals surface area contributed by atoms with Crippen molar-refractivity contribution in [2.24, 2.45) is 4.99 Å². The minimum atomic E-state index is -1.26. The first-order chi connectivity index (χ1) is 15.9. The molecule has 2 aromatic carbocycles. The number of hydrogen-bond acceptors (Lipinski definition) is 7. The molecule has 3 heterocycles. The van der Waals surface area contributed by atoms with Crippen LogP contribution in [0.1, 0.15) is 11.1 Å². The van der Waals surface area contributed by atoms with Gasteiger partial charge in [0.2, 0.25) is 12.2 Å². The fourth-order valence-corrected chi connectivity index (χ4v) is 4.57. The zero-order valence-corrected chi connectivity index (χ0v) is 19.1. The summed E-state index contributed by atoms with van der Waals surface area (Å²) in [5, 5.41) is 31.9. The van der Waals surface area contributed by atoms with E-state index in [4.69, 9.17) is 37.4 Å². The number of fused-ring (bicyclic) bond motifs is 2. The highest BCUT2D eigenvalue weighted by Crippen LogP contribution is 2.34. The van der Waals surface area contributed by atoms with Gasteiger partial charge in [0.25, 0.3) is 0 Å². The molecule has 0 bridgehead atoms. The van der Waals surface area contributed by atoms with Gasteiger partial charge in [0.15, 0.2) is 0 Å². The highest BCUT2D eigenvalue weighted by Gasteiger charge is 2.49. The summed E-state index contributed by atoms with van der Waals surface area (Å²) >= 11 is 12.2. The molecule has 174 valence electrons. The molecule has 1 aromatic heterocycles. The van der Waals surface area contributed by atoms with E-state index < -0.39 is 37.3 Å². The maximum absolute atomic E-state index is 10.5. The molecule has 0 spiro atoms. The summed E-state index contributed by atoms with van der Waals surface area (Å²) in [6.07, 6.45) is -2.45. The van der Waals surface area contributed by atoms with Gasteiger partial charge >= 0.3 is 0 Å². The van der Waals surface area contributed by atoms with E-state index in [1.807, 2.05) is 41.1 Å². The number of nitrogens with zero attached hydrogens (tertiary/aromatic N) is 2. The summed E-state index contributed by atoms with van der Waals surface area (Å²) in [4.78, 5) is 4.52. The molecule has 33 heavy (non-hydrogen) atoms. The minimum Gasteiger partial charge on any atom is -0.497 e. The third-order valence-corrected chi connectivity index (χ3v) is 6.74. The number of halogens is 2. The van der Waals surface area contributed by atoms with Gasteiger partial charge in [-0.15, -0.1) is 0 Å². The van der Waals surface area contributed by atoms with Crippen LogP contribution < -0.4 is 4.74 Å². The van der Waals surface area contributed by atoms with Crippen molar-refractivity contribution < 1.29 is 29.5 Å². The molecule has 2 aliphatic rings. The number of aromatic nitrogens is 1. The number of aliphatic hydroxyl groups is 3. The second-order valence-electron chi connectivity index (χ2n) is 8.05. The molecular formula is C23H22Cl2N2O6. The van der Waals surface area contributed by atoms with Crippen molar-refractivity contribution in [1.29, 1.82) is 0 Å². The first-order valence-electron chi connectivity index (χ1n) is 10.4. The van der Waals surface area contributed by atoms with Crippen LogP contribution in [-0.2, 0) is 16.0 Å². The standard InChI is InChI=1S/C23H22Cl2N2O6/c1-31-12-3-5-17-13(7-12)14(9-27(17)8-11-2-4-15(24)16(25)6-11)22-26-19-21(30)20(29)18(10-28)32-23(19)33-22/h2-7,9,18-21,23,28-30H,8,10H2,1H3/t18-,19-,20-,21?,23-/m1/s1. The Morgan fingerprint density at radius 1 is 1.09 bits per heavy atom. The Hall–Kier alpha value is -2.33. The number of ether oxygens (including phenoxy) is 3. The van der Waals surface area contributed by atoms with E-state index in [0.717, 1.165) is 16.5 Å². The molecular weight excluding hydrogens is 471 g/mol. The Bertz CT molecular complexity index is 1230. The molecule has 10 heteroatoms. The third kappa shape index (κ3) is 3.97. The molecule has 0 radical (unpaired) electrons. The third-order valence-electron chi connectivity index (χ3n) is 6.00. The van der Waals surface area contributed by atoms with E-state index in [1.165, 1.54) is 0 Å². The molecule has 1 saturated heterocycles. The number of hydrogen-bond donors (Lipinski definition) is 3. The maximum atomic E-state index is 10.5. The largest absolute Gasteiger partial charge is 0.497 e. The Morgan fingerprint density at radius 3 is 2.64 bits per heavy atom. The van der Waals surface area contributed by atoms with E-state index in [1.54, 1.807) is 13.2 Å². The average Bonchev–Trinajstić information content (AvgIpc) is 3.40. The van der Waals surface area contributed by atoms with Crippen molar-refractivity contribution in [3.8, 4) is 5.75 Å². The summed E-state index contributed by atoms with van der Waals surface area (Å²) in [6, 6.07) is 10.4. The number of aliphatic imine (C=N–C) groups is 1. The van der Waals surface area contributed by atoms with Crippen LogP contribution >= 0.6 is 23.2 Å². The van der Waals surface area contributed by atoms with Crippen LogP contribution in [0.4, 0.5) is 0 Å². The van der Waals surface area contributed by atoms with Crippen molar-refractivity contribution in [2.45, 2.75) is 37.2 Å². The monoisotopic (exact) mass is 492 g/mol.